The van der Waals surface area contributed by atoms with E-state index in [4.69, 9.17) is 4.42 Å². The van der Waals surface area contributed by atoms with Crippen molar-refractivity contribution in [1.29, 1.82) is 0 Å². The summed E-state index contributed by atoms with van der Waals surface area (Å²) in [5.41, 5.74) is 0. The van der Waals surface area contributed by atoms with Gasteiger partial charge in [0.15, 0.2) is 0 Å². The van der Waals surface area contributed by atoms with Gasteiger partial charge in [-0.3, -0.25) is 9.59 Å². The van der Waals surface area contributed by atoms with E-state index < -0.39 is 12.1 Å². The minimum Gasteiger partial charge on any atom is -0.469 e. The smallest absolute Gasteiger partial charge is 0.246 e. The molecule has 0 radical (unpaired) electrons. The fraction of sp³-hybridized carbons (Fsp3) is 0.571. The van der Waals surface area contributed by atoms with E-state index in [1.54, 1.807) is 18.1 Å². The van der Waals surface area contributed by atoms with Crippen LogP contribution in [0.3, 0.4) is 0 Å². The van der Waals surface area contributed by atoms with Crippen LogP contribution in [-0.2, 0) is 16.0 Å². The number of hydrogen-bond acceptors (Lipinski definition) is 3. The topological polar surface area (TPSA) is 62.6 Å². The summed E-state index contributed by atoms with van der Waals surface area (Å²) in [6.07, 6.45) is 2.85. The summed E-state index contributed by atoms with van der Waals surface area (Å²) in [6.45, 7) is 5.61. The predicted octanol–water partition coefficient (Wildman–Crippen LogP) is 1.34. The largest absolute Gasteiger partial charge is 0.469 e. The first kappa shape index (κ1) is 13.6. The highest BCUT2D eigenvalue weighted by Crippen LogP contribution is 2.18. The molecule has 0 aromatic carbocycles. The maximum Gasteiger partial charge on any atom is 0.246 e. The number of furan rings is 1. The quantitative estimate of drug-likeness (QED) is 0.892. The van der Waals surface area contributed by atoms with Crippen LogP contribution >= 0.6 is 0 Å². The summed E-state index contributed by atoms with van der Waals surface area (Å²) in [7, 11) is 0. The van der Waals surface area contributed by atoms with Crippen molar-refractivity contribution in [3.05, 3.63) is 24.2 Å². The first-order valence-corrected chi connectivity index (χ1v) is 6.69. The summed E-state index contributed by atoms with van der Waals surface area (Å²) in [4.78, 5) is 25.9. The number of carbonyl (C=O) groups excluding carboxylic acids is 2. The van der Waals surface area contributed by atoms with E-state index in [1.807, 2.05) is 26.0 Å². The highest BCUT2D eigenvalue weighted by Gasteiger charge is 2.39. The molecule has 3 unspecified atom stereocenters. The molecule has 1 N–H and O–H groups in total. The lowest BCUT2D eigenvalue weighted by Gasteiger charge is -2.40. The highest BCUT2D eigenvalue weighted by atomic mass is 16.3. The van der Waals surface area contributed by atoms with Crippen LogP contribution in [-0.4, -0.2) is 34.8 Å². The van der Waals surface area contributed by atoms with Gasteiger partial charge in [-0.1, -0.05) is 6.92 Å². The van der Waals surface area contributed by atoms with E-state index in [-0.39, 0.29) is 17.9 Å². The fourth-order valence-electron chi connectivity index (χ4n) is 2.55. The number of amides is 2. The summed E-state index contributed by atoms with van der Waals surface area (Å²) in [5, 5.41) is 2.76. The van der Waals surface area contributed by atoms with Crippen LogP contribution in [0.15, 0.2) is 22.8 Å². The third-order valence-corrected chi connectivity index (χ3v) is 3.63. The molecule has 0 saturated carbocycles. The maximum absolute atomic E-state index is 12.4. The average Bonchev–Trinajstić information content (AvgIpc) is 2.86. The Hall–Kier alpha value is -1.78. The minimum absolute atomic E-state index is 0.00587. The molecule has 2 amide bonds. The van der Waals surface area contributed by atoms with Gasteiger partial charge in [0.1, 0.15) is 17.8 Å². The molecule has 104 valence electrons. The van der Waals surface area contributed by atoms with Crippen molar-refractivity contribution in [1.82, 2.24) is 10.2 Å². The molecule has 1 aromatic heterocycles. The molecule has 1 saturated heterocycles. The zero-order valence-electron chi connectivity index (χ0n) is 11.6. The van der Waals surface area contributed by atoms with Crippen LogP contribution in [0.4, 0.5) is 0 Å². The van der Waals surface area contributed by atoms with E-state index in [2.05, 4.69) is 5.32 Å². The van der Waals surface area contributed by atoms with Crippen molar-refractivity contribution >= 4 is 11.8 Å². The van der Waals surface area contributed by atoms with Gasteiger partial charge in [0.05, 0.1) is 6.26 Å². The van der Waals surface area contributed by atoms with Crippen molar-refractivity contribution in [2.75, 3.05) is 0 Å². The Balaban J connectivity index is 2.14. The molecule has 0 bridgehead atoms. The van der Waals surface area contributed by atoms with Crippen molar-refractivity contribution in [2.24, 2.45) is 0 Å². The van der Waals surface area contributed by atoms with Gasteiger partial charge in [-0.25, -0.2) is 0 Å². The summed E-state index contributed by atoms with van der Waals surface area (Å²) < 4.78 is 5.31. The van der Waals surface area contributed by atoms with E-state index >= 15 is 0 Å². The third kappa shape index (κ3) is 2.64. The van der Waals surface area contributed by atoms with Crippen LogP contribution in [0, 0.1) is 0 Å². The molecule has 2 heterocycles. The standard InChI is InChI=1S/C14H20N2O3/c1-4-12-14(18)16(10(3)13(17)15-12)9(2)8-11-6-5-7-19-11/h5-7,9-10,12H,4,8H2,1-3H3,(H,15,17). The number of carbonyl (C=O) groups is 2. The van der Waals surface area contributed by atoms with Gasteiger partial charge in [0.25, 0.3) is 0 Å². The number of rotatable bonds is 4. The number of piperazine rings is 1. The van der Waals surface area contributed by atoms with Crippen LogP contribution in [0.5, 0.6) is 0 Å². The fourth-order valence-corrected chi connectivity index (χ4v) is 2.55. The van der Waals surface area contributed by atoms with Crippen LogP contribution in [0.1, 0.15) is 33.0 Å². The zero-order chi connectivity index (χ0) is 14.0. The minimum atomic E-state index is -0.430. The third-order valence-electron chi connectivity index (χ3n) is 3.63. The summed E-state index contributed by atoms with van der Waals surface area (Å²) in [6, 6.07) is 2.81. The Morgan fingerprint density at radius 1 is 1.47 bits per heavy atom. The van der Waals surface area contributed by atoms with Crippen LogP contribution < -0.4 is 5.32 Å². The second kappa shape index (κ2) is 5.47. The molecule has 0 spiro atoms. The SMILES string of the molecule is CCC1NC(=O)C(C)N(C(C)Cc2ccco2)C1=O. The molecule has 1 fully saturated rings. The summed E-state index contributed by atoms with van der Waals surface area (Å²) >= 11 is 0. The molecule has 1 aliphatic heterocycles. The molecule has 1 aliphatic rings. The lowest BCUT2D eigenvalue weighted by Crippen LogP contribution is -2.64. The highest BCUT2D eigenvalue weighted by molar-refractivity contribution is 5.96. The monoisotopic (exact) mass is 264 g/mol. The lowest BCUT2D eigenvalue weighted by molar-refractivity contribution is -0.151. The van der Waals surface area contributed by atoms with E-state index in [9.17, 15) is 9.59 Å². The van der Waals surface area contributed by atoms with Gasteiger partial charge in [-0.05, 0) is 32.4 Å². The summed E-state index contributed by atoms with van der Waals surface area (Å²) in [5.74, 6) is 0.734. The van der Waals surface area contributed by atoms with Crippen LogP contribution in [0.2, 0.25) is 0 Å². The normalized spacial score (nSPS) is 25.3. The molecule has 5 heteroatoms. The van der Waals surface area contributed by atoms with E-state index in [0.717, 1.165) is 5.76 Å². The second-order valence-corrected chi connectivity index (χ2v) is 5.02. The predicted molar refractivity (Wildman–Crippen MR) is 70.4 cm³/mol. The molecular weight excluding hydrogens is 244 g/mol. The van der Waals surface area contributed by atoms with Crippen molar-refractivity contribution < 1.29 is 14.0 Å². The van der Waals surface area contributed by atoms with Crippen molar-refractivity contribution in [3.63, 3.8) is 0 Å². The van der Waals surface area contributed by atoms with Crippen LogP contribution in [0.25, 0.3) is 0 Å². The molecule has 0 aliphatic carbocycles. The van der Waals surface area contributed by atoms with Gasteiger partial charge in [0.2, 0.25) is 11.8 Å². The number of nitrogens with zero attached hydrogens (tertiary/aromatic N) is 1. The van der Waals surface area contributed by atoms with Gasteiger partial charge in [-0.2, -0.15) is 0 Å². The van der Waals surface area contributed by atoms with Gasteiger partial charge < -0.3 is 14.6 Å². The maximum atomic E-state index is 12.4. The first-order valence-electron chi connectivity index (χ1n) is 6.69. The Kier molecular flexibility index (Phi) is 3.93. The van der Waals surface area contributed by atoms with Crippen molar-refractivity contribution in [2.45, 2.75) is 51.7 Å². The number of nitrogens with one attached hydrogen (secondary N) is 1. The Bertz CT molecular complexity index is 455. The Morgan fingerprint density at radius 2 is 2.21 bits per heavy atom. The molecule has 1 aromatic rings. The van der Waals surface area contributed by atoms with E-state index in [1.165, 1.54) is 0 Å². The second-order valence-electron chi connectivity index (χ2n) is 5.02. The van der Waals surface area contributed by atoms with Gasteiger partial charge in [0, 0.05) is 12.5 Å². The first-order chi connectivity index (χ1) is 9.04. The van der Waals surface area contributed by atoms with Gasteiger partial charge in [-0.15, -0.1) is 0 Å². The average molecular weight is 264 g/mol. The zero-order valence-corrected chi connectivity index (χ0v) is 11.6. The molecule has 19 heavy (non-hydrogen) atoms. The number of hydrogen-bond donors (Lipinski definition) is 1. The Labute approximate surface area is 113 Å². The van der Waals surface area contributed by atoms with E-state index in [0.29, 0.717) is 12.8 Å². The van der Waals surface area contributed by atoms with Gasteiger partial charge >= 0.3 is 0 Å². The molecule has 5 nitrogen and oxygen atoms in total. The lowest BCUT2D eigenvalue weighted by atomic mass is 10.0. The molecular formula is C14H20N2O3. The molecule has 2 rings (SSSR count). The van der Waals surface area contributed by atoms with Crippen molar-refractivity contribution in [3.8, 4) is 0 Å². The Morgan fingerprint density at radius 3 is 2.79 bits per heavy atom. The molecule has 3 atom stereocenters.